The highest BCUT2D eigenvalue weighted by molar-refractivity contribution is 5.93. The number of carbonyl (C=O) groups is 1. The third kappa shape index (κ3) is 5.59. The summed E-state index contributed by atoms with van der Waals surface area (Å²) in [4.78, 5) is 11.3. The second kappa shape index (κ2) is 8.93. The Kier molecular flexibility index (Phi) is 7.12. The van der Waals surface area contributed by atoms with E-state index in [2.05, 4.69) is 0 Å². The summed E-state index contributed by atoms with van der Waals surface area (Å²) in [6, 6.07) is 2.63. The Morgan fingerprint density at radius 1 is 1.11 bits per heavy atom. The molecule has 0 radical (unpaired) electrons. The first-order chi connectivity index (χ1) is 12.8. The summed E-state index contributed by atoms with van der Waals surface area (Å²) < 4.78 is 57.9. The van der Waals surface area contributed by atoms with Crippen molar-refractivity contribution in [3.63, 3.8) is 0 Å². The molecule has 0 aromatic heterocycles. The monoisotopic (exact) mass is 389 g/mol. The van der Waals surface area contributed by atoms with Gasteiger partial charge in [-0.15, -0.1) is 0 Å². The number of nitrogens with two attached hydrogens (primary N) is 1. The summed E-state index contributed by atoms with van der Waals surface area (Å²) in [6.45, 7) is 4.26. The van der Waals surface area contributed by atoms with Crippen LogP contribution in [-0.2, 0) is 0 Å². The summed E-state index contributed by atoms with van der Waals surface area (Å²) >= 11 is 0. The Hall–Kier alpha value is -1.79. The number of hydrogen-bond acceptors (Lipinski definition) is 2. The molecule has 3 nitrogen and oxygen atoms in total. The Morgan fingerprint density at radius 2 is 1.70 bits per heavy atom. The molecule has 0 atom stereocenters. The first kappa shape index (κ1) is 21.5. The predicted octanol–water partition coefficient (Wildman–Crippen LogP) is 5.58. The number of alkyl halides is 3. The molecule has 2 N–H and O–H groups in total. The van der Waals surface area contributed by atoms with Crippen LogP contribution in [0.2, 0.25) is 0 Å². The molecule has 3 rings (SSSR count). The summed E-state index contributed by atoms with van der Waals surface area (Å²) in [6.07, 6.45) is -1.12. The maximum Gasteiger partial charge on any atom is 0.391 e. The summed E-state index contributed by atoms with van der Waals surface area (Å²) in [5.41, 5.74) is 5.79. The van der Waals surface area contributed by atoms with Crippen molar-refractivity contribution in [3.05, 3.63) is 29.1 Å². The summed E-state index contributed by atoms with van der Waals surface area (Å²) in [5, 5.41) is 0. The lowest BCUT2D eigenvalue weighted by atomic mass is 9.82. The molecule has 1 aromatic carbocycles. The number of rotatable bonds is 5. The van der Waals surface area contributed by atoms with E-state index in [1.807, 2.05) is 13.8 Å². The molecule has 2 aliphatic carbocycles. The van der Waals surface area contributed by atoms with Crippen LogP contribution in [-0.4, -0.2) is 18.7 Å². The van der Waals surface area contributed by atoms with Crippen LogP contribution in [0.15, 0.2) is 12.1 Å². The van der Waals surface area contributed by atoms with Crippen molar-refractivity contribution in [1.29, 1.82) is 0 Å². The van der Waals surface area contributed by atoms with Gasteiger partial charge in [0, 0.05) is 6.07 Å². The molecule has 0 aliphatic heterocycles. The largest absolute Gasteiger partial charge is 0.493 e. The van der Waals surface area contributed by atoms with Crippen molar-refractivity contribution in [2.45, 2.75) is 64.5 Å². The lowest BCUT2D eigenvalue weighted by Gasteiger charge is -2.29. The van der Waals surface area contributed by atoms with Crippen LogP contribution in [0.5, 0.6) is 5.75 Å². The molecule has 2 fully saturated rings. The fraction of sp³-hybridized carbons (Fsp3) is 0.650. The molecule has 0 heterocycles. The summed E-state index contributed by atoms with van der Waals surface area (Å²) in [7, 11) is 0. The van der Waals surface area contributed by atoms with Gasteiger partial charge in [0.25, 0.3) is 5.91 Å². The molecule has 1 aromatic rings. The zero-order valence-corrected chi connectivity index (χ0v) is 15.7. The molecule has 2 aliphatic rings. The average Bonchev–Trinajstić information content (AvgIpc) is 3.46. The van der Waals surface area contributed by atoms with Crippen LogP contribution in [0, 0.1) is 17.7 Å². The molecule has 0 bridgehead atoms. The van der Waals surface area contributed by atoms with Crippen LogP contribution < -0.4 is 10.5 Å². The number of halogens is 4. The maximum atomic E-state index is 14.0. The smallest absolute Gasteiger partial charge is 0.391 e. The van der Waals surface area contributed by atoms with Gasteiger partial charge in [-0.3, -0.25) is 4.79 Å². The van der Waals surface area contributed by atoms with E-state index in [1.165, 1.54) is 12.1 Å². The van der Waals surface area contributed by atoms with Crippen LogP contribution in [0.3, 0.4) is 0 Å². The first-order valence-corrected chi connectivity index (χ1v) is 9.58. The first-order valence-electron chi connectivity index (χ1n) is 9.58. The Labute approximate surface area is 157 Å². The van der Waals surface area contributed by atoms with Gasteiger partial charge < -0.3 is 10.5 Å². The summed E-state index contributed by atoms with van der Waals surface area (Å²) in [5.74, 6) is -2.13. The molecule has 7 heteroatoms. The van der Waals surface area contributed by atoms with Gasteiger partial charge in [-0.1, -0.05) is 13.8 Å². The number of ether oxygens (including phenoxy) is 1. The topological polar surface area (TPSA) is 52.3 Å². The molecular weight excluding hydrogens is 362 g/mol. The Balaban J connectivity index is 0.00000126. The molecule has 0 saturated heterocycles. The second-order valence-electron chi connectivity index (χ2n) is 7.08. The van der Waals surface area contributed by atoms with E-state index in [1.54, 1.807) is 0 Å². The zero-order chi connectivity index (χ0) is 20.2. The van der Waals surface area contributed by atoms with E-state index >= 15 is 0 Å². The van der Waals surface area contributed by atoms with E-state index in [-0.39, 0.29) is 36.8 Å². The van der Waals surface area contributed by atoms with Gasteiger partial charge in [0.15, 0.2) is 0 Å². The normalized spacial score (nSPS) is 22.6. The molecule has 0 unspecified atom stereocenters. The highest BCUT2D eigenvalue weighted by Crippen LogP contribution is 2.45. The van der Waals surface area contributed by atoms with Crippen LogP contribution in [0.4, 0.5) is 17.6 Å². The molecule has 1 amide bonds. The minimum atomic E-state index is -4.13. The SMILES string of the molecule is CC.NC(=O)c1cc(C2CC2)c(OCC2CCC(C(F)(F)F)CC2)cc1F. The van der Waals surface area contributed by atoms with E-state index in [9.17, 15) is 22.4 Å². The van der Waals surface area contributed by atoms with Gasteiger partial charge in [-0.25, -0.2) is 4.39 Å². The average molecular weight is 389 g/mol. The quantitative estimate of drug-likeness (QED) is 0.669. The second-order valence-corrected chi connectivity index (χ2v) is 7.08. The van der Waals surface area contributed by atoms with Crippen molar-refractivity contribution < 1.29 is 27.1 Å². The van der Waals surface area contributed by atoms with Gasteiger partial charge in [0.1, 0.15) is 11.6 Å². The number of carbonyl (C=O) groups excluding carboxylic acids is 1. The van der Waals surface area contributed by atoms with E-state index in [4.69, 9.17) is 10.5 Å². The maximum absolute atomic E-state index is 14.0. The highest BCUT2D eigenvalue weighted by Gasteiger charge is 2.41. The van der Waals surface area contributed by atoms with Gasteiger partial charge in [-0.05, 0) is 62.0 Å². The minimum absolute atomic E-state index is 0.0320. The molecule has 2 saturated carbocycles. The van der Waals surface area contributed by atoms with Crippen molar-refractivity contribution in [2.75, 3.05) is 6.61 Å². The van der Waals surface area contributed by atoms with Gasteiger partial charge in [-0.2, -0.15) is 13.2 Å². The van der Waals surface area contributed by atoms with Gasteiger partial charge >= 0.3 is 6.18 Å². The Morgan fingerprint density at radius 3 is 2.19 bits per heavy atom. The van der Waals surface area contributed by atoms with E-state index in [0.29, 0.717) is 18.6 Å². The van der Waals surface area contributed by atoms with Crippen molar-refractivity contribution >= 4 is 5.91 Å². The fourth-order valence-corrected chi connectivity index (χ4v) is 3.46. The molecule has 0 spiro atoms. The fourth-order valence-electron chi connectivity index (χ4n) is 3.46. The van der Waals surface area contributed by atoms with Crippen molar-refractivity contribution in [1.82, 2.24) is 0 Å². The van der Waals surface area contributed by atoms with Crippen LogP contribution >= 0.6 is 0 Å². The van der Waals surface area contributed by atoms with Crippen LogP contribution in [0.25, 0.3) is 0 Å². The number of benzene rings is 1. The molecule has 152 valence electrons. The standard InChI is InChI=1S/C18H21F4NO2.C2H6/c19-15-8-16(13(11-3-4-11)7-14(15)17(23)24)25-9-10-1-5-12(6-2-10)18(20,21)22;1-2/h7-8,10-12H,1-6,9H2,(H2,23,24);1-2H3. The Bertz CT molecular complexity index is 648. The van der Waals surface area contributed by atoms with E-state index in [0.717, 1.165) is 18.4 Å². The van der Waals surface area contributed by atoms with Gasteiger partial charge in [0.2, 0.25) is 0 Å². The number of amides is 1. The lowest BCUT2D eigenvalue weighted by Crippen LogP contribution is -2.29. The number of hydrogen-bond donors (Lipinski definition) is 1. The minimum Gasteiger partial charge on any atom is -0.493 e. The third-order valence-corrected chi connectivity index (χ3v) is 5.17. The van der Waals surface area contributed by atoms with E-state index < -0.39 is 23.8 Å². The lowest BCUT2D eigenvalue weighted by molar-refractivity contribution is -0.184. The zero-order valence-electron chi connectivity index (χ0n) is 15.7. The van der Waals surface area contributed by atoms with Crippen molar-refractivity contribution in [2.24, 2.45) is 17.6 Å². The highest BCUT2D eigenvalue weighted by atomic mass is 19.4. The molecular formula is C20H27F4NO2. The van der Waals surface area contributed by atoms with Crippen LogP contribution in [0.1, 0.15) is 74.2 Å². The number of primary amides is 1. The van der Waals surface area contributed by atoms with Crippen molar-refractivity contribution in [3.8, 4) is 5.75 Å². The van der Waals surface area contributed by atoms with Gasteiger partial charge in [0.05, 0.1) is 18.1 Å². The third-order valence-electron chi connectivity index (χ3n) is 5.17. The predicted molar refractivity (Wildman–Crippen MR) is 95.2 cm³/mol. The molecule has 27 heavy (non-hydrogen) atoms.